The lowest BCUT2D eigenvalue weighted by molar-refractivity contribution is 0.0995. The number of nitrogens with zero attached hydrogens (tertiary/aromatic N) is 3. The number of carbonyl (C=O) groups excluding carboxylic acids is 1. The van der Waals surface area contributed by atoms with Crippen molar-refractivity contribution in [2.75, 3.05) is 0 Å². The first kappa shape index (κ1) is 16.8. The topological polar surface area (TPSA) is 133 Å². The average molecular weight is 301 g/mol. The number of hydrogen-bond donors (Lipinski definition) is 3. The molecule has 0 spiro atoms. The molecule has 9 heteroatoms. The van der Waals surface area contributed by atoms with Gasteiger partial charge in [0.2, 0.25) is 5.13 Å². The summed E-state index contributed by atoms with van der Waals surface area (Å²) in [4.78, 5) is 21.6. The molecule has 2 rings (SSSR count). The summed E-state index contributed by atoms with van der Waals surface area (Å²) in [6.07, 6.45) is 3.17. The first-order chi connectivity index (χ1) is 8.59. The highest BCUT2D eigenvalue weighted by Gasteiger charge is 1.96. The predicted octanol–water partition coefficient (Wildman–Crippen LogP) is 0.650. The van der Waals surface area contributed by atoms with Crippen molar-refractivity contribution in [2.45, 2.75) is 0 Å². The number of halogens is 1. The van der Waals surface area contributed by atoms with E-state index in [1.165, 1.54) is 17.5 Å². The summed E-state index contributed by atoms with van der Waals surface area (Å²) in [6, 6.07) is 5.02. The molecule has 0 saturated heterocycles. The molecule has 0 radical (unpaired) electrons. The van der Waals surface area contributed by atoms with E-state index in [0.717, 1.165) is 0 Å². The third-order valence-corrected chi connectivity index (χ3v) is 2.23. The highest BCUT2D eigenvalue weighted by Crippen LogP contribution is 2.13. The molecule has 102 valence electrons. The van der Waals surface area contributed by atoms with Crippen LogP contribution in [0, 0.1) is 0 Å². The summed E-state index contributed by atoms with van der Waals surface area (Å²) in [5.41, 5.74) is 15.4. The molecule has 0 aliphatic carbocycles. The first-order valence-electron chi connectivity index (χ1n) is 4.79. The largest absolute Gasteiger partial charge is 0.370 e. The van der Waals surface area contributed by atoms with E-state index in [1.807, 2.05) is 5.38 Å². The lowest BCUT2D eigenvalue weighted by Gasteiger charge is -1.88. The van der Waals surface area contributed by atoms with E-state index in [-0.39, 0.29) is 18.4 Å². The Morgan fingerprint density at radius 1 is 1.16 bits per heavy atom. The monoisotopic (exact) mass is 300 g/mol. The second kappa shape index (κ2) is 8.84. The molecule has 19 heavy (non-hydrogen) atoms. The van der Waals surface area contributed by atoms with Gasteiger partial charge in [0, 0.05) is 17.8 Å². The zero-order chi connectivity index (χ0) is 13.4. The van der Waals surface area contributed by atoms with Gasteiger partial charge in [0.05, 0.1) is 0 Å². The van der Waals surface area contributed by atoms with Gasteiger partial charge in [-0.25, -0.2) is 4.98 Å². The van der Waals surface area contributed by atoms with Gasteiger partial charge < -0.3 is 17.2 Å². The van der Waals surface area contributed by atoms with E-state index in [2.05, 4.69) is 15.0 Å². The Bertz CT molecular complexity index is 512. The van der Waals surface area contributed by atoms with Crippen molar-refractivity contribution in [3.8, 4) is 0 Å². The van der Waals surface area contributed by atoms with Crippen LogP contribution in [0.1, 0.15) is 10.5 Å². The number of pyridine rings is 1. The van der Waals surface area contributed by atoms with Crippen LogP contribution in [0.2, 0.25) is 0 Å². The van der Waals surface area contributed by atoms with Gasteiger partial charge in [-0.1, -0.05) is 6.07 Å². The lowest BCUT2D eigenvalue weighted by atomic mass is 10.3. The fourth-order valence-corrected chi connectivity index (χ4v) is 1.41. The third-order valence-electron chi connectivity index (χ3n) is 1.56. The van der Waals surface area contributed by atoms with Gasteiger partial charge in [-0.3, -0.25) is 9.78 Å². The maximum atomic E-state index is 10.4. The molecular weight excluding hydrogens is 288 g/mol. The van der Waals surface area contributed by atoms with Crippen molar-refractivity contribution in [1.29, 1.82) is 0 Å². The quantitative estimate of drug-likeness (QED) is 0.553. The number of rotatable bonds is 2. The number of amides is 1. The van der Waals surface area contributed by atoms with Crippen molar-refractivity contribution in [3.63, 3.8) is 0 Å². The number of carbonyl (C=O) groups is 1. The Hall–Kier alpha value is -2.19. The van der Waals surface area contributed by atoms with Crippen molar-refractivity contribution in [2.24, 2.45) is 22.2 Å². The zero-order valence-electron chi connectivity index (χ0n) is 9.76. The molecule has 7 nitrogen and oxygen atoms in total. The second-order valence-corrected chi connectivity index (χ2v) is 3.80. The number of primary amides is 1. The van der Waals surface area contributed by atoms with Gasteiger partial charge in [0.15, 0.2) is 5.96 Å². The third kappa shape index (κ3) is 6.96. The SMILES string of the molecule is Cl.NC(=O)c1ccccn1.NC(N)=Nc1nccs1. The van der Waals surface area contributed by atoms with Crippen LogP contribution in [-0.4, -0.2) is 21.8 Å². The summed E-state index contributed by atoms with van der Waals surface area (Å²) in [5, 5.41) is 2.40. The normalized spacial score (nSPS) is 8.42. The summed E-state index contributed by atoms with van der Waals surface area (Å²) in [6.45, 7) is 0. The van der Waals surface area contributed by atoms with Gasteiger partial charge in [0.25, 0.3) is 5.91 Å². The Kier molecular flexibility index (Phi) is 7.82. The summed E-state index contributed by atoms with van der Waals surface area (Å²) in [5.74, 6) is -0.444. The standard InChI is InChI=1S/C6H6N2O.C4H6N4S.ClH/c7-6(9)5-3-1-2-4-8-5;5-3(6)8-4-7-1-2-9-4;/h1-4H,(H2,7,9);1-2H,(H4,5,6,7,8);1H. The van der Waals surface area contributed by atoms with Crippen molar-refractivity contribution >= 4 is 40.7 Å². The van der Waals surface area contributed by atoms with Crippen molar-refractivity contribution in [3.05, 3.63) is 41.7 Å². The van der Waals surface area contributed by atoms with Crippen LogP contribution < -0.4 is 17.2 Å². The minimum atomic E-state index is -0.490. The molecule has 0 aliphatic rings. The van der Waals surface area contributed by atoms with Crippen LogP contribution >= 0.6 is 23.7 Å². The fraction of sp³-hybridized carbons (Fsp3) is 0. The van der Waals surface area contributed by atoms with Gasteiger partial charge in [0.1, 0.15) is 5.69 Å². The minimum absolute atomic E-state index is 0. The average Bonchev–Trinajstić information content (AvgIpc) is 2.83. The molecule has 6 N–H and O–H groups in total. The molecule has 0 atom stereocenters. The van der Waals surface area contributed by atoms with Gasteiger partial charge in [-0.05, 0) is 12.1 Å². The highest BCUT2D eigenvalue weighted by molar-refractivity contribution is 7.13. The molecule has 0 fully saturated rings. The fourth-order valence-electron chi connectivity index (χ4n) is 0.890. The molecule has 1 amide bonds. The number of nitrogens with two attached hydrogens (primary N) is 3. The van der Waals surface area contributed by atoms with E-state index >= 15 is 0 Å². The van der Waals surface area contributed by atoms with E-state index < -0.39 is 5.91 Å². The van der Waals surface area contributed by atoms with E-state index in [4.69, 9.17) is 17.2 Å². The molecule has 0 unspecified atom stereocenters. The molecule has 0 bridgehead atoms. The predicted molar refractivity (Wildman–Crippen MR) is 77.6 cm³/mol. The van der Waals surface area contributed by atoms with Crippen LogP contribution in [0.3, 0.4) is 0 Å². The van der Waals surface area contributed by atoms with Gasteiger partial charge in [-0.15, -0.1) is 23.7 Å². The van der Waals surface area contributed by atoms with Crippen LogP contribution in [-0.2, 0) is 0 Å². The molecule has 2 heterocycles. The molecule has 0 aliphatic heterocycles. The molecule has 0 aromatic carbocycles. The van der Waals surface area contributed by atoms with Gasteiger partial charge >= 0.3 is 0 Å². The Labute approximate surface area is 120 Å². The number of aromatic nitrogens is 2. The second-order valence-electron chi connectivity index (χ2n) is 2.93. The van der Waals surface area contributed by atoms with Crippen LogP contribution in [0.15, 0.2) is 41.0 Å². The van der Waals surface area contributed by atoms with E-state index in [1.54, 1.807) is 24.4 Å². The van der Waals surface area contributed by atoms with E-state index in [0.29, 0.717) is 10.8 Å². The zero-order valence-corrected chi connectivity index (χ0v) is 11.4. The summed E-state index contributed by atoms with van der Waals surface area (Å²) >= 11 is 1.39. The van der Waals surface area contributed by atoms with Crippen molar-refractivity contribution in [1.82, 2.24) is 9.97 Å². The number of thiazole rings is 1. The maximum Gasteiger partial charge on any atom is 0.267 e. The van der Waals surface area contributed by atoms with Crippen LogP contribution in [0.4, 0.5) is 5.13 Å². The Morgan fingerprint density at radius 2 is 1.89 bits per heavy atom. The minimum Gasteiger partial charge on any atom is -0.370 e. The molecular formula is C10H13ClN6OS. The molecule has 0 saturated carbocycles. The number of guanidine groups is 1. The number of aliphatic imine (C=N–C) groups is 1. The van der Waals surface area contributed by atoms with E-state index in [9.17, 15) is 4.79 Å². The molecule has 2 aromatic rings. The summed E-state index contributed by atoms with van der Waals surface area (Å²) < 4.78 is 0. The Balaban J connectivity index is 0.000000324. The van der Waals surface area contributed by atoms with Gasteiger partial charge in [-0.2, -0.15) is 4.99 Å². The lowest BCUT2D eigenvalue weighted by Crippen LogP contribution is -2.21. The van der Waals surface area contributed by atoms with Crippen LogP contribution in [0.25, 0.3) is 0 Å². The van der Waals surface area contributed by atoms with Crippen LogP contribution in [0.5, 0.6) is 0 Å². The Morgan fingerprint density at radius 3 is 2.26 bits per heavy atom. The summed E-state index contributed by atoms with van der Waals surface area (Å²) in [7, 11) is 0. The number of hydrogen-bond acceptors (Lipinski definition) is 5. The molecule has 2 aromatic heterocycles. The smallest absolute Gasteiger partial charge is 0.267 e. The highest BCUT2D eigenvalue weighted by atomic mass is 35.5. The van der Waals surface area contributed by atoms with Crippen molar-refractivity contribution < 1.29 is 4.79 Å². The first-order valence-corrected chi connectivity index (χ1v) is 5.67. The maximum absolute atomic E-state index is 10.4.